The van der Waals surface area contributed by atoms with Crippen LogP contribution in [0.5, 0.6) is 0 Å². The molecule has 0 aromatic rings. The molecule has 6 nitrogen and oxygen atoms in total. The molecule has 0 heterocycles. The second kappa shape index (κ2) is 10.6. The summed E-state index contributed by atoms with van der Waals surface area (Å²) in [4.78, 5) is 0. The Kier molecular flexibility index (Phi) is 17.3. The van der Waals surface area contributed by atoms with Gasteiger partial charge in [-0.1, -0.05) is 7.43 Å². The summed E-state index contributed by atoms with van der Waals surface area (Å²) in [7, 11) is -11.0. The Morgan fingerprint density at radius 3 is 1.05 bits per heavy atom. The maximum Gasteiger partial charge on any atom is 1.00 e. The zero-order valence-corrected chi connectivity index (χ0v) is 12.7. The Bertz CT molecular complexity index is 439. The van der Waals surface area contributed by atoms with E-state index in [1.807, 2.05) is 0 Å². The summed E-state index contributed by atoms with van der Waals surface area (Å²) < 4.78 is 115. The first-order chi connectivity index (χ1) is 7.06. The van der Waals surface area contributed by atoms with E-state index >= 15 is 0 Å². The SMILES string of the molecule is C.O=S(=O)([O-])C(F)(F)F.[11CH3]OS(=O)(=O)C(F)(F)F.[Ag+].[Ag+]. The molecule has 0 fully saturated rings. The Labute approximate surface area is 142 Å². The third-order valence-electron chi connectivity index (χ3n) is 0.786. The minimum absolute atomic E-state index is 0. The predicted molar refractivity (Wildman–Crippen MR) is 44.5 cm³/mol. The molecular weight excluding hydrogens is 537 g/mol. The van der Waals surface area contributed by atoms with Crippen LogP contribution < -0.4 is 0 Å². The van der Waals surface area contributed by atoms with Gasteiger partial charge in [0.15, 0.2) is 10.1 Å². The van der Waals surface area contributed by atoms with Crippen LogP contribution in [0.3, 0.4) is 0 Å². The molecule has 0 aliphatic rings. The zero-order valence-electron chi connectivity index (χ0n) is 8.14. The minimum atomic E-state index is -6.09. The van der Waals surface area contributed by atoms with Gasteiger partial charge in [0.2, 0.25) is 0 Å². The minimum Gasteiger partial charge on any atom is -0.741 e. The van der Waals surface area contributed by atoms with E-state index in [-0.39, 0.29) is 52.2 Å². The third-order valence-corrected chi connectivity index (χ3v) is 2.36. The summed E-state index contributed by atoms with van der Waals surface area (Å²) in [5, 5.41) is 0. The topological polar surface area (TPSA) is 101 Å². The van der Waals surface area contributed by atoms with Gasteiger partial charge in [-0.3, -0.25) is 4.18 Å². The second-order valence-electron chi connectivity index (χ2n) is 1.97. The Morgan fingerprint density at radius 2 is 1.05 bits per heavy atom. The standard InChI is InChI=1S/C2H3F3O3S.CHF3O3S.CH4.2Ag/c1-8-9(6,7)2(3,4)5;2-1(3,4)8(5,6)7;;;/h1H3;(H,5,6,7);1H4;;/q;;;2*+1/p-1/i1-1;;;;. The van der Waals surface area contributed by atoms with E-state index in [0.717, 1.165) is 0 Å². The van der Waals surface area contributed by atoms with E-state index in [1.54, 1.807) is 0 Å². The quantitative estimate of drug-likeness (QED) is 0.162. The Balaban J connectivity index is -0.0000000655. The zero-order chi connectivity index (χ0) is 14.7. The number of hydrogen-bond donors (Lipinski definition) is 0. The number of halogens is 6. The van der Waals surface area contributed by atoms with Crippen molar-refractivity contribution in [2.45, 2.75) is 18.4 Å². The van der Waals surface area contributed by atoms with Crippen molar-refractivity contribution in [1.29, 1.82) is 0 Å². The summed E-state index contributed by atoms with van der Waals surface area (Å²) in [6.07, 6.45) is 0. The molecule has 20 heavy (non-hydrogen) atoms. The average Bonchev–Trinajstić information content (AvgIpc) is 1.99. The fraction of sp³-hybridized carbons (Fsp3) is 1.00. The van der Waals surface area contributed by atoms with E-state index < -0.39 is 31.3 Å². The molecule has 0 saturated carbocycles. The molecule has 0 amide bonds. The largest absolute Gasteiger partial charge is 1.00 e. The molecule has 134 valence electrons. The second-order valence-corrected chi connectivity index (χ2v) is 5.04. The maximum atomic E-state index is 11.1. The average molecular weight is 544 g/mol. The van der Waals surface area contributed by atoms with Crippen molar-refractivity contribution in [2.24, 2.45) is 0 Å². The van der Waals surface area contributed by atoms with Gasteiger partial charge in [-0.05, 0) is 0 Å². The van der Waals surface area contributed by atoms with E-state index in [1.165, 1.54) is 0 Å². The fourth-order valence-corrected chi connectivity index (χ4v) is 0.283. The van der Waals surface area contributed by atoms with Gasteiger partial charge < -0.3 is 4.55 Å². The first kappa shape index (κ1) is 32.7. The van der Waals surface area contributed by atoms with E-state index in [9.17, 15) is 34.8 Å². The van der Waals surface area contributed by atoms with Gasteiger partial charge in [0.05, 0.1) is 7.11 Å². The van der Waals surface area contributed by atoms with Crippen molar-refractivity contribution < 1.29 is 96.7 Å². The molecule has 0 atom stereocenters. The van der Waals surface area contributed by atoms with Crippen molar-refractivity contribution in [3.63, 3.8) is 0 Å². The van der Waals surface area contributed by atoms with Crippen LogP contribution in [0.1, 0.15) is 7.43 Å². The third kappa shape index (κ3) is 12.6. The summed E-state index contributed by atoms with van der Waals surface area (Å²) in [6.45, 7) is 0. The van der Waals surface area contributed by atoms with Crippen LogP contribution in [0.2, 0.25) is 0 Å². The van der Waals surface area contributed by atoms with Gasteiger partial charge in [-0.2, -0.15) is 34.8 Å². The van der Waals surface area contributed by atoms with E-state index in [2.05, 4.69) is 4.18 Å². The molecule has 0 saturated heterocycles. The Hall–Kier alpha value is 0.881. The van der Waals surface area contributed by atoms with Gasteiger partial charge in [0.25, 0.3) is 0 Å². The van der Waals surface area contributed by atoms with Crippen molar-refractivity contribution in [2.75, 3.05) is 7.11 Å². The molecule has 0 aliphatic carbocycles. The molecule has 0 N–H and O–H groups in total. The van der Waals surface area contributed by atoms with Crippen molar-refractivity contribution in [3.8, 4) is 0 Å². The van der Waals surface area contributed by atoms with Gasteiger partial charge in [-0.25, -0.2) is 8.42 Å². The molecule has 0 spiro atoms. The summed E-state index contributed by atoms with van der Waals surface area (Å²) in [6, 6.07) is 0. The molecule has 0 radical (unpaired) electrons. The van der Waals surface area contributed by atoms with Crippen LogP contribution >= 0.6 is 0 Å². The van der Waals surface area contributed by atoms with Crippen LogP contribution in [0.25, 0.3) is 0 Å². The number of alkyl halides is 6. The smallest absolute Gasteiger partial charge is 0.741 e. The molecular formula is C4H7Ag2F6O6S2+. The van der Waals surface area contributed by atoms with Crippen LogP contribution in [0.4, 0.5) is 26.3 Å². The molecule has 0 bridgehead atoms. The van der Waals surface area contributed by atoms with Crippen LogP contribution in [-0.2, 0) is 69.2 Å². The predicted octanol–water partition coefficient (Wildman–Crippen LogP) is 1.16. The first-order valence-corrected chi connectivity index (χ1v) is 5.77. The van der Waals surface area contributed by atoms with E-state index in [0.29, 0.717) is 7.11 Å². The van der Waals surface area contributed by atoms with Gasteiger partial charge >= 0.3 is 65.9 Å². The van der Waals surface area contributed by atoms with Crippen LogP contribution in [0.15, 0.2) is 0 Å². The fourth-order valence-electron chi connectivity index (χ4n) is 0.0945. The van der Waals surface area contributed by atoms with Gasteiger partial charge in [0, 0.05) is 0 Å². The molecule has 0 aromatic heterocycles. The van der Waals surface area contributed by atoms with Gasteiger partial charge in [-0.15, -0.1) is 0 Å². The monoisotopic (exact) mass is 542 g/mol. The molecule has 0 unspecified atom stereocenters. The van der Waals surface area contributed by atoms with Crippen LogP contribution in [0, 0.1) is 0 Å². The van der Waals surface area contributed by atoms with Crippen LogP contribution in [-0.4, -0.2) is 39.5 Å². The molecule has 0 aliphatic heterocycles. The summed E-state index contributed by atoms with van der Waals surface area (Å²) in [5.41, 5.74) is -10.9. The van der Waals surface area contributed by atoms with Crippen molar-refractivity contribution in [1.82, 2.24) is 0 Å². The first-order valence-electron chi connectivity index (χ1n) is 2.95. The normalized spacial score (nSPS) is 11.8. The number of hydrogen-bond acceptors (Lipinski definition) is 6. The van der Waals surface area contributed by atoms with Crippen molar-refractivity contribution >= 4 is 20.2 Å². The van der Waals surface area contributed by atoms with Crippen molar-refractivity contribution in [3.05, 3.63) is 0 Å². The Morgan fingerprint density at radius 1 is 0.850 bits per heavy atom. The summed E-state index contributed by atoms with van der Waals surface area (Å²) in [5.74, 6) is 0. The maximum absolute atomic E-state index is 11.1. The molecule has 0 rings (SSSR count). The number of rotatable bonds is 1. The summed E-state index contributed by atoms with van der Waals surface area (Å²) >= 11 is 0. The molecule has 16 heteroatoms. The van der Waals surface area contributed by atoms with Gasteiger partial charge in [0.1, 0.15) is 0 Å². The van der Waals surface area contributed by atoms with E-state index in [4.69, 9.17) is 13.0 Å². The molecule has 0 aromatic carbocycles.